The molecule has 0 atom stereocenters. The molecule has 1 aliphatic rings. The second-order valence-corrected chi connectivity index (χ2v) is 5.62. The van der Waals surface area contributed by atoms with Crippen molar-refractivity contribution in [3.63, 3.8) is 0 Å². The van der Waals surface area contributed by atoms with Crippen molar-refractivity contribution in [1.82, 2.24) is 25.1 Å². The van der Waals surface area contributed by atoms with E-state index in [0.29, 0.717) is 5.95 Å². The molecule has 0 saturated carbocycles. The molecule has 4 rings (SSSR count). The summed E-state index contributed by atoms with van der Waals surface area (Å²) in [5.74, 6) is 0.646. The highest BCUT2D eigenvalue weighted by molar-refractivity contribution is 5.54. The van der Waals surface area contributed by atoms with E-state index in [9.17, 15) is 0 Å². The Morgan fingerprint density at radius 3 is 2.96 bits per heavy atom. The zero-order chi connectivity index (χ0) is 15.5. The Bertz CT molecular complexity index is 779. The van der Waals surface area contributed by atoms with E-state index in [1.54, 1.807) is 6.20 Å². The van der Waals surface area contributed by atoms with Gasteiger partial charge < -0.3 is 10.6 Å². The number of fused-ring (bicyclic) bond motifs is 1. The van der Waals surface area contributed by atoms with Crippen LogP contribution in [-0.4, -0.2) is 26.3 Å². The molecule has 6 heteroatoms. The molecule has 0 unspecified atom stereocenters. The number of nitrogens with one attached hydrogen (secondary N) is 2. The van der Waals surface area contributed by atoms with Gasteiger partial charge in [0.25, 0.3) is 0 Å². The average molecular weight is 306 g/mol. The van der Waals surface area contributed by atoms with E-state index < -0.39 is 0 Å². The summed E-state index contributed by atoms with van der Waals surface area (Å²) in [4.78, 5) is 9.00. The molecule has 0 bridgehead atoms. The first-order valence-corrected chi connectivity index (χ1v) is 7.76. The summed E-state index contributed by atoms with van der Waals surface area (Å²) >= 11 is 0. The quantitative estimate of drug-likeness (QED) is 0.773. The summed E-state index contributed by atoms with van der Waals surface area (Å²) < 4.78 is 1.90. The number of nitrogens with zero attached hydrogens (tertiary/aromatic N) is 4. The highest BCUT2D eigenvalue weighted by atomic mass is 15.3. The van der Waals surface area contributed by atoms with Crippen LogP contribution in [0.4, 0.5) is 11.6 Å². The smallest absolute Gasteiger partial charge is 0.227 e. The van der Waals surface area contributed by atoms with E-state index in [2.05, 4.69) is 37.8 Å². The molecular formula is C17H18N6. The maximum Gasteiger partial charge on any atom is 0.227 e. The van der Waals surface area contributed by atoms with Gasteiger partial charge in [0.2, 0.25) is 5.95 Å². The Labute approximate surface area is 134 Å². The van der Waals surface area contributed by atoms with Crippen LogP contribution >= 0.6 is 0 Å². The summed E-state index contributed by atoms with van der Waals surface area (Å²) in [7, 11) is 0. The van der Waals surface area contributed by atoms with Crippen LogP contribution in [0.15, 0.2) is 48.9 Å². The van der Waals surface area contributed by atoms with Gasteiger partial charge in [-0.15, -0.1) is 0 Å². The number of rotatable bonds is 4. The molecule has 0 aliphatic carbocycles. The summed E-state index contributed by atoms with van der Waals surface area (Å²) in [6.45, 7) is 2.59. The van der Waals surface area contributed by atoms with Gasteiger partial charge in [0.15, 0.2) is 0 Å². The van der Waals surface area contributed by atoms with Gasteiger partial charge in [-0.25, -0.2) is 9.97 Å². The molecule has 0 radical (unpaired) electrons. The summed E-state index contributed by atoms with van der Waals surface area (Å²) in [6, 6.07) is 10.2. The molecule has 2 aromatic heterocycles. The number of hydrogen-bond donors (Lipinski definition) is 2. The topological polar surface area (TPSA) is 67.7 Å². The van der Waals surface area contributed by atoms with E-state index in [0.717, 1.165) is 37.4 Å². The Kier molecular flexibility index (Phi) is 3.73. The third kappa shape index (κ3) is 3.22. The Hall–Kier alpha value is -2.73. The van der Waals surface area contributed by atoms with Gasteiger partial charge in [-0.3, -0.25) is 4.68 Å². The monoisotopic (exact) mass is 306 g/mol. The van der Waals surface area contributed by atoms with Crippen molar-refractivity contribution >= 4 is 11.6 Å². The van der Waals surface area contributed by atoms with Crippen molar-refractivity contribution in [2.75, 3.05) is 11.9 Å². The molecule has 1 aromatic carbocycles. The molecule has 2 N–H and O–H groups in total. The van der Waals surface area contributed by atoms with Crippen LogP contribution < -0.4 is 10.6 Å². The number of aromatic nitrogens is 4. The summed E-state index contributed by atoms with van der Waals surface area (Å²) in [5, 5.41) is 10.8. The van der Waals surface area contributed by atoms with Crippen molar-refractivity contribution in [3.8, 4) is 0 Å². The largest absolute Gasteiger partial charge is 0.324 e. The molecule has 0 fully saturated rings. The molecule has 6 nitrogen and oxygen atoms in total. The standard InChI is InChI=1S/C17H18N6/c1-7-20-23(9-1)12-13-2-4-15(5-3-13)21-17-19-10-14-6-8-18-11-16(14)22-17/h1-5,7,9-10,18H,6,8,11-12H2,(H,19,21,22). The van der Waals surface area contributed by atoms with E-state index in [1.807, 2.05) is 35.3 Å². The first-order valence-electron chi connectivity index (χ1n) is 7.76. The molecular weight excluding hydrogens is 288 g/mol. The van der Waals surface area contributed by atoms with Gasteiger partial charge in [0.05, 0.1) is 12.2 Å². The fourth-order valence-corrected chi connectivity index (χ4v) is 2.70. The van der Waals surface area contributed by atoms with Crippen LogP contribution in [0.3, 0.4) is 0 Å². The minimum Gasteiger partial charge on any atom is -0.324 e. The van der Waals surface area contributed by atoms with Gasteiger partial charge in [-0.2, -0.15) is 5.10 Å². The van der Waals surface area contributed by atoms with E-state index in [1.165, 1.54) is 11.1 Å². The Morgan fingerprint density at radius 2 is 2.13 bits per heavy atom. The zero-order valence-corrected chi connectivity index (χ0v) is 12.7. The predicted molar refractivity (Wildman–Crippen MR) is 88.5 cm³/mol. The fraction of sp³-hybridized carbons (Fsp3) is 0.235. The molecule has 23 heavy (non-hydrogen) atoms. The molecule has 3 aromatic rings. The van der Waals surface area contributed by atoms with Crippen LogP contribution in [0, 0.1) is 0 Å². The number of anilines is 2. The Morgan fingerprint density at radius 1 is 1.22 bits per heavy atom. The minimum absolute atomic E-state index is 0.646. The van der Waals surface area contributed by atoms with Gasteiger partial charge in [-0.1, -0.05) is 12.1 Å². The lowest BCUT2D eigenvalue weighted by Crippen LogP contribution is -2.25. The van der Waals surface area contributed by atoms with E-state index in [-0.39, 0.29) is 0 Å². The number of hydrogen-bond acceptors (Lipinski definition) is 5. The lowest BCUT2D eigenvalue weighted by molar-refractivity contribution is 0.624. The second-order valence-electron chi connectivity index (χ2n) is 5.62. The average Bonchev–Trinajstić information content (AvgIpc) is 3.10. The maximum atomic E-state index is 4.59. The molecule has 116 valence electrons. The first-order chi connectivity index (χ1) is 11.4. The van der Waals surface area contributed by atoms with Crippen molar-refractivity contribution in [3.05, 3.63) is 65.7 Å². The van der Waals surface area contributed by atoms with Gasteiger partial charge in [0, 0.05) is 30.8 Å². The van der Waals surface area contributed by atoms with E-state index in [4.69, 9.17) is 0 Å². The molecule has 0 saturated heterocycles. The molecule has 0 spiro atoms. The SMILES string of the molecule is c1cnn(Cc2ccc(Nc3ncc4c(n3)CNCC4)cc2)c1. The van der Waals surface area contributed by atoms with Crippen molar-refractivity contribution in [2.45, 2.75) is 19.5 Å². The van der Waals surface area contributed by atoms with Crippen molar-refractivity contribution < 1.29 is 0 Å². The van der Waals surface area contributed by atoms with Crippen LogP contribution in [0.5, 0.6) is 0 Å². The fourth-order valence-electron chi connectivity index (χ4n) is 2.70. The van der Waals surface area contributed by atoms with Gasteiger partial charge >= 0.3 is 0 Å². The summed E-state index contributed by atoms with van der Waals surface area (Å²) in [5.41, 5.74) is 4.51. The lowest BCUT2D eigenvalue weighted by Gasteiger charge is -2.16. The third-order valence-corrected chi connectivity index (χ3v) is 3.93. The lowest BCUT2D eigenvalue weighted by atomic mass is 10.1. The van der Waals surface area contributed by atoms with Crippen LogP contribution in [0.25, 0.3) is 0 Å². The van der Waals surface area contributed by atoms with Gasteiger partial charge in [0.1, 0.15) is 0 Å². The van der Waals surface area contributed by atoms with E-state index >= 15 is 0 Å². The van der Waals surface area contributed by atoms with Crippen molar-refractivity contribution in [2.24, 2.45) is 0 Å². The highest BCUT2D eigenvalue weighted by Crippen LogP contribution is 2.17. The van der Waals surface area contributed by atoms with Crippen molar-refractivity contribution in [1.29, 1.82) is 0 Å². The predicted octanol–water partition coefficient (Wildman–Crippen LogP) is 2.11. The van der Waals surface area contributed by atoms with Crippen LogP contribution in [0.2, 0.25) is 0 Å². The summed E-state index contributed by atoms with van der Waals surface area (Å²) in [6.07, 6.45) is 6.68. The normalized spacial score (nSPS) is 13.6. The zero-order valence-electron chi connectivity index (χ0n) is 12.7. The second kappa shape index (κ2) is 6.18. The van der Waals surface area contributed by atoms with Gasteiger partial charge in [-0.05, 0) is 42.3 Å². The first kappa shape index (κ1) is 13.9. The Balaban J connectivity index is 1.46. The number of benzene rings is 1. The third-order valence-electron chi connectivity index (χ3n) is 3.93. The maximum absolute atomic E-state index is 4.59. The molecule has 3 heterocycles. The van der Waals surface area contributed by atoms with Crippen LogP contribution in [-0.2, 0) is 19.5 Å². The highest BCUT2D eigenvalue weighted by Gasteiger charge is 2.11. The van der Waals surface area contributed by atoms with Crippen LogP contribution in [0.1, 0.15) is 16.8 Å². The molecule has 0 amide bonds. The molecule has 1 aliphatic heterocycles. The minimum atomic E-state index is 0.646.